The van der Waals surface area contributed by atoms with E-state index in [1.807, 2.05) is 0 Å². The maximum absolute atomic E-state index is 13.7. The second-order valence-electron chi connectivity index (χ2n) is 6.26. The SMILES string of the molecule is Fc1ccc2ncnc(N3CCC[C@@H]3CN3CCOCC3)c2c1. The first-order chi connectivity index (χ1) is 11.3. The van der Waals surface area contributed by atoms with E-state index in [9.17, 15) is 4.39 Å². The fourth-order valence-corrected chi connectivity index (χ4v) is 3.63. The molecule has 3 heterocycles. The number of ether oxygens (including phenoxy) is 1. The lowest BCUT2D eigenvalue weighted by atomic mass is 10.1. The molecule has 1 atom stereocenters. The summed E-state index contributed by atoms with van der Waals surface area (Å²) >= 11 is 0. The van der Waals surface area contributed by atoms with Gasteiger partial charge in [-0.15, -0.1) is 0 Å². The van der Waals surface area contributed by atoms with Crippen molar-refractivity contribution in [2.45, 2.75) is 18.9 Å². The van der Waals surface area contributed by atoms with Crippen LogP contribution in [0.3, 0.4) is 0 Å². The minimum Gasteiger partial charge on any atom is -0.379 e. The van der Waals surface area contributed by atoms with Crippen LogP contribution in [0.1, 0.15) is 12.8 Å². The molecular weight excluding hydrogens is 295 g/mol. The molecule has 0 spiro atoms. The van der Waals surface area contributed by atoms with Gasteiger partial charge in [-0.2, -0.15) is 0 Å². The first-order valence-corrected chi connectivity index (χ1v) is 8.28. The van der Waals surface area contributed by atoms with Crippen molar-refractivity contribution in [1.29, 1.82) is 0 Å². The van der Waals surface area contributed by atoms with Crippen LogP contribution in [0.5, 0.6) is 0 Å². The van der Waals surface area contributed by atoms with Crippen LogP contribution in [-0.2, 0) is 4.74 Å². The number of nitrogens with zero attached hydrogens (tertiary/aromatic N) is 4. The van der Waals surface area contributed by atoms with Crippen molar-refractivity contribution >= 4 is 16.7 Å². The summed E-state index contributed by atoms with van der Waals surface area (Å²) in [5, 5.41) is 0.807. The number of benzene rings is 1. The highest BCUT2D eigenvalue weighted by Gasteiger charge is 2.29. The van der Waals surface area contributed by atoms with Gasteiger partial charge in [-0.05, 0) is 31.0 Å². The van der Waals surface area contributed by atoms with E-state index in [1.54, 1.807) is 18.5 Å². The molecule has 2 aromatic rings. The molecular formula is C17H21FN4O. The van der Waals surface area contributed by atoms with E-state index in [0.29, 0.717) is 6.04 Å². The van der Waals surface area contributed by atoms with E-state index in [0.717, 1.165) is 69.0 Å². The second-order valence-corrected chi connectivity index (χ2v) is 6.26. The van der Waals surface area contributed by atoms with Gasteiger partial charge in [0.15, 0.2) is 0 Å². The number of fused-ring (bicyclic) bond motifs is 1. The van der Waals surface area contributed by atoms with Gasteiger partial charge in [0.05, 0.1) is 18.7 Å². The smallest absolute Gasteiger partial charge is 0.140 e. The average molecular weight is 316 g/mol. The normalized spacial score (nSPS) is 22.8. The lowest BCUT2D eigenvalue weighted by Crippen LogP contribution is -2.45. The molecule has 0 amide bonds. The Hall–Kier alpha value is -1.79. The predicted molar refractivity (Wildman–Crippen MR) is 87.1 cm³/mol. The summed E-state index contributed by atoms with van der Waals surface area (Å²) in [5.74, 6) is 0.628. The molecule has 2 saturated heterocycles. The van der Waals surface area contributed by atoms with Gasteiger partial charge in [0.1, 0.15) is 18.0 Å². The molecule has 0 N–H and O–H groups in total. The van der Waals surface area contributed by atoms with E-state index in [4.69, 9.17) is 4.74 Å². The second kappa shape index (κ2) is 6.37. The van der Waals surface area contributed by atoms with Gasteiger partial charge in [-0.25, -0.2) is 14.4 Å². The Bertz CT molecular complexity index is 689. The van der Waals surface area contributed by atoms with Crippen LogP contribution < -0.4 is 4.90 Å². The third-order valence-corrected chi connectivity index (χ3v) is 4.80. The monoisotopic (exact) mass is 316 g/mol. The van der Waals surface area contributed by atoms with Crippen LogP contribution in [0, 0.1) is 5.82 Å². The standard InChI is InChI=1S/C17H21FN4O/c18-13-3-4-16-15(10-13)17(20-12-19-16)22-5-1-2-14(22)11-21-6-8-23-9-7-21/h3-4,10,12,14H,1-2,5-9,11H2/t14-/m1/s1. The molecule has 0 unspecified atom stereocenters. The van der Waals surface area contributed by atoms with E-state index in [-0.39, 0.29) is 5.82 Å². The van der Waals surface area contributed by atoms with E-state index in [2.05, 4.69) is 19.8 Å². The number of anilines is 1. The quantitative estimate of drug-likeness (QED) is 0.867. The fourth-order valence-electron chi connectivity index (χ4n) is 3.63. The van der Waals surface area contributed by atoms with E-state index in [1.165, 1.54) is 6.07 Å². The summed E-state index contributed by atoms with van der Waals surface area (Å²) in [6.07, 6.45) is 3.88. The molecule has 2 aliphatic heterocycles. The highest BCUT2D eigenvalue weighted by molar-refractivity contribution is 5.89. The summed E-state index contributed by atoms with van der Waals surface area (Å²) in [4.78, 5) is 13.5. The Kier molecular flexibility index (Phi) is 4.10. The maximum atomic E-state index is 13.7. The van der Waals surface area contributed by atoms with Crippen molar-refractivity contribution in [3.8, 4) is 0 Å². The average Bonchev–Trinajstić information content (AvgIpc) is 3.03. The Morgan fingerprint density at radius 1 is 1.17 bits per heavy atom. The number of halogens is 1. The molecule has 4 rings (SSSR count). The first kappa shape index (κ1) is 14.8. The molecule has 2 fully saturated rings. The molecule has 0 radical (unpaired) electrons. The molecule has 5 nitrogen and oxygen atoms in total. The van der Waals surface area contributed by atoms with Crippen molar-refractivity contribution in [2.75, 3.05) is 44.3 Å². The van der Waals surface area contributed by atoms with Crippen LogP contribution in [-0.4, -0.2) is 60.3 Å². The highest BCUT2D eigenvalue weighted by Crippen LogP contribution is 2.30. The molecule has 23 heavy (non-hydrogen) atoms. The van der Waals surface area contributed by atoms with Crippen molar-refractivity contribution in [2.24, 2.45) is 0 Å². The predicted octanol–water partition coefficient (Wildman–Crippen LogP) is 2.07. The first-order valence-electron chi connectivity index (χ1n) is 8.28. The van der Waals surface area contributed by atoms with Gasteiger partial charge in [-0.1, -0.05) is 0 Å². The largest absolute Gasteiger partial charge is 0.379 e. The summed E-state index contributed by atoms with van der Waals surface area (Å²) < 4.78 is 19.1. The minimum absolute atomic E-state index is 0.238. The molecule has 6 heteroatoms. The van der Waals surface area contributed by atoms with Gasteiger partial charge in [0.25, 0.3) is 0 Å². The molecule has 1 aromatic heterocycles. The van der Waals surface area contributed by atoms with Crippen molar-refractivity contribution in [1.82, 2.24) is 14.9 Å². The van der Waals surface area contributed by atoms with Crippen LogP contribution >= 0.6 is 0 Å². The Morgan fingerprint density at radius 3 is 2.91 bits per heavy atom. The lowest BCUT2D eigenvalue weighted by molar-refractivity contribution is 0.0355. The zero-order valence-electron chi connectivity index (χ0n) is 13.1. The molecule has 0 saturated carbocycles. The van der Waals surface area contributed by atoms with E-state index < -0.39 is 0 Å². The zero-order chi connectivity index (χ0) is 15.6. The molecule has 0 bridgehead atoms. The lowest BCUT2D eigenvalue weighted by Gasteiger charge is -2.33. The van der Waals surface area contributed by atoms with Gasteiger partial charge < -0.3 is 9.64 Å². The highest BCUT2D eigenvalue weighted by atomic mass is 19.1. The van der Waals surface area contributed by atoms with Gasteiger partial charge in [-0.3, -0.25) is 4.90 Å². The van der Waals surface area contributed by atoms with Crippen molar-refractivity contribution in [3.05, 3.63) is 30.3 Å². The molecule has 122 valence electrons. The van der Waals surface area contributed by atoms with Crippen LogP contribution in [0.25, 0.3) is 10.9 Å². The molecule has 1 aromatic carbocycles. The third kappa shape index (κ3) is 3.01. The Morgan fingerprint density at radius 2 is 2.04 bits per heavy atom. The number of hydrogen-bond acceptors (Lipinski definition) is 5. The van der Waals surface area contributed by atoms with Gasteiger partial charge in [0, 0.05) is 37.6 Å². The fraction of sp³-hybridized carbons (Fsp3) is 0.529. The van der Waals surface area contributed by atoms with Crippen LogP contribution in [0.4, 0.5) is 10.2 Å². The Labute approximate surface area is 135 Å². The van der Waals surface area contributed by atoms with Crippen molar-refractivity contribution < 1.29 is 9.13 Å². The van der Waals surface area contributed by atoms with Gasteiger partial charge in [0.2, 0.25) is 0 Å². The van der Waals surface area contributed by atoms with Crippen LogP contribution in [0.15, 0.2) is 24.5 Å². The maximum Gasteiger partial charge on any atom is 0.140 e. The summed E-state index contributed by atoms with van der Waals surface area (Å²) in [6.45, 7) is 5.59. The number of aromatic nitrogens is 2. The molecule has 2 aliphatic rings. The van der Waals surface area contributed by atoms with E-state index >= 15 is 0 Å². The topological polar surface area (TPSA) is 41.5 Å². The zero-order valence-corrected chi connectivity index (χ0v) is 13.1. The van der Waals surface area contributed by atoms with Crippen molar-refractivity contribution in [3.63, 3.8) is 0 Å². The number of rotatable bonds is 3. The molecule has 0 aliphatic carbocycles. The summed E-state index contributed by atoms with van der Waals surface area (Å²) in [5.41, 5.74) is 0.799. The van der Waals surface area contributed by atoms with Gasteiger partial charge >= 0.3 is 0 Å². The Balaban J connectivity index is 1.62. The minimum atomic E-state index is -0.238. The summed E-state index contributed by atoms with van der Waals surface area (Å²) in [7, 11) is 0. The van der Waals surface area contributed by atoms with Crippen LogP contribution in [0.2, 0.25) is 0 Å². The number of hydrogen-bond donors (Lipinski definition) is 0. The third-order valence-electron chi connectivity index (χ3n) is 4.80. The summed E-state index contributed by atoms with van der Waals surface area (Å²) in [6, 6.07) is 5.15. The number of morpholine rings is 1.